The highest BCUT2D eigenvalue weighted by atomic mass is 32.2. The number of aryl methyl sites for hydroxylation is 2. The summed E-state index contributed by atoms with van der Waals surface area (Å²) in [6.45, 7) is 8.27. The van der Waals surface area contributed by atoms with E-state index in [9.17, 15) is 13.9 Å². The molecule has 10 heteroatoms. The van der Waals surface area contributed by atoms with Gasteiger partial charge in [0.25, 0.3) is 0 Å². The minimum Gasteiger partial charge on any atom is -0.302 e. The van der Waals surface area contributed by atoms with Gasteiger partial charge in [-0.15, -0.1) is 0 Å². The van der Waals surface area contributed by atoms with E-state index in [1.54, 1.807) is 18.4 Å². The Labute approximate surface area is 228 Å². The Morgan fingerprint density at radius 1 is 1.21 bits per heavy atom. The van der Waals surface area contributed by atoms with E-state index in [1.165, 1.54) is 29.0 Å². The molecule has 196 valence electrons. The fourth-order valence-corrected chi connectivity index (χ4v) is 6.45. The summed E-state index contributed by atoms with van der Waals surface area (Å²) in [7, 11) is -0.977. The van der Waals surface area contributed by atoms with Crippen molar-refractivity contribution in [3.8, 4) is 17.3 Å². The smallest absolute Gasteiger partial charge is 0.192 e. The molecule has 1 atom stereocenters. The second-order valence-corrected chi connectivity index (χ2v) is 11.5. The number of pyridine rings is 1. The maximum absolute atomic E-state index is 13.5. The van der Waals surface area contributed by atoms with Gasteiger partial charge in [-0.2, -0.15) is 5.26 Å². The Balaban J connectivity index is 1.62. The summed E-state index contributed by atoms with van der Waals surface area (Å²) in [6, 6.07) is 10.5. The summed E-state index contributed by atoms with van der Waals surface area (Å²) in [5.41, 5.74) is 6.54. The zero-order valence-electron chi connectivity index (χ0n) is 21.9. The monoisotopic (exact) mass is 548 g/mol. The molecule has 38 heavy (non-hydrogen) atoms. The molecule has 1 aliphatic heterocycles. The fraction of sp³-hybridized carbons (Fsp3) is 0.321. The van der Waals surface area contributed by atoms with Crippen LogP contribution < -0.4 is 4.90 Å². The molecule has 0 fully saturated rings. The predicted molar refractivity (Wildman–Crippen MR) is 152 cm³/mol. The molecule has 0 spiro atoms. The highest BCUT2D eigenvalue weighted by Crippen LogP contribution is 2.38. The van der Waals surface area contributed by atoms with Crippen molar-refractivity contribution in [3.05, 3.63) is 70.1 Å². The van der Waals surface area contributed by atoms with Crippen molar-refractivity contribution in [2.45, 2.75) is 33.6 Å². The average Bonchev–Trinajstić information content (AvgIpc) is 3.52. The molecule has 4 aromatic rings. The lowest BCUT2D eigenvalue weighted by molar-refractivity contribution is 0.486. The molecule has 3 aromatic heterocycles. The van der Waals surface area contributed by atoms with Gasteiger partial charge in [-0.3, -0.25) is 4.40 Å². The van der Waals surface area contributed by atoms with Crippen LogP contribution in [-0.4, -0.2) is 48.8 Å². The summed E-state index contributed by atoms with van der Waals surface area (Å²) in [6.07, 6.45) is 7.58. The van der Waals surface area contributed by atoms with E-state index in [0.717, 1.165) is 47.7 Å². The first-order chi connectivity index (χ1) is 18.3. The Hall–Kier alpha value is -3.39. The van der Waals surface area contributed by atoms with Crippen LogP contribution in [0.15, 0.2) is 42.6 Å². The third-order valence-electron chi connectivity index (χ3n) is 6.83. The van der Waals surface area contributed by atoms with E-state index >= 15 is 0 Å². The number of imidazole rings is 1. The number of hydrogen-bond donors (Lipinski definition) is 0. The van der Waals surface area contributed by atoms with Crippen LogP contribution in [0.1, 0.15) is 42.0 Å². The van der Waals surface area contributed by atoms with Crippen LogP contribution in [0.25, 0.3) is 22.5 Å². The van der Waals surface area contributed by atoms with E-state index in [1.807, 2.05) is 4.31 Å². The van der Waals surface area contributed by atoms with Gasteiger partial charge in [0.1, 0.15) is 33.9 Å². The van der Waals surface area contributed by atoms with Crippen molar-refractivity contribution in [1.29, 1.82) is 5.26 Å². The lowest BCUT2D eigenvalue weighted by atomic mass is 10.0. The summed E-state index contributed by atoms with van der Waals surface area (Å²) < 4.78 is 29.5. The molecule has 0 saturated heterocycles. The SMILES string of the molecule is CCc1nc2c(C)cc(C3=CCN(S(C)=O)CC3)cn2c1N(CC)c1nc(-c2ccc(F)cc2)c(C#N)s1. The number of fused-ring (bicyclic) bond motifs is 1. The number of anilines is 2. The number of benzene rings is 1. The molecule has 5 rings (SSSR count). The standard InChI is InChI=1S/C28H29FN6OS2/c1-5-23-27(34(6-2)28-32-25(24(16-30)37-28)20-7-9-22(29)10-8-20)35-17-21(15-18(3)26(35)31-23)19-11-13-33(14-12-19)38(4)36/h7-11,15,17H,5-6,12-14H2,1-4H3. The van der Waals surface area contributed by atoms with E-state index in [4.69, 9.17) is 9.97 Å². The normalized spacial score (nSPS) is 14.9. The van der Waals surface area contributed by atoms with Crippen molar-refractivity contribution in [3.63, 3.8) is 0 Å². The fourth-order valence-electron chi connectivity index (χ4n) is 4.87. The predicted octanol–water partition coefficient (Wildman–Crippen LogP) is 5.88. The van der Waals surface area contributed by atoms with Crippen LogP contribution in [-0.2, 0) is 17.4 Å². The van der Waals surface area contributed by atoms with Gasteiger partial charge in [-0.1, -0.05) is 24.3 Å². The lowest BCUT2D eigenvalue weighted by Gasteiger charge is -2.24. The van der Waals surface area contributed by atoms with Crippen molar-refractivity contribution < 1.29 is 8.60 Å². The lowest BCUT2D eigenvalue weighted by Crippen LogP contribution is -2.29. The van der Waals surface area contributed by atoms with Gasteiger partial charge in [-0.25, -0.2) is 22.9 Å². The second kappa shape index (κ2) is 10.8. The topological polar surface area (TPSA) is 77.5 Å². The minimum atomic E-state index is -0.977. The van der Waals surface area contributed by atoms with Gasteiger partial charge < -0.3 is 4.90 Å². The van der Waals surface area contributed by atoms with E-state index in [-0.39, 0.29) is 5.82 Å². The number of halogens is 1. The van der Waals surface area contributed by atoms with Gasteiger partial charge in [0.05, 0.1) is 16.7 Å². The zero-order chi connectivity index (χ0) is 27.0. The van der Waals surface area contributed by atoms with Gasteiger partial charge >= 0.3 is 0 Å². The average molecular weight is 549 g/mol. The molecular formula is C28H29FN6OS2. The van der Waals surface area contributed by atoms with Gasteiger partial charge in [0, 0.05) is 37.7 Å². The third-order valence-corrected chi connectivity index (χ3v) is 8.87. The Bertz CT molecular complexity index is 1600. The summed E-state index contributed by atoms with van der Waals surface area (Å²) in [4.78, 5) is 12.4. The van der Waals surface area contributed by atoms with Crippen molar-refractivity contribution in [2.24, 2.45) is 0 Å². The molecule has 0 radical (unpaired) electrons. The van der Waals surface area contributed by atoms with E-state index < -0.39 is 11.0 Å². The molecule has 1 aromatic carbocycles. The Kier molecular flexibility index (Phi) is 7.43. The van der Waals surface area contributed by atoms with Gasteiger partial charge in [0.2, 0.25) is 0 Å². The van der Waals surface area contributed by atoms with Crippen LogP contribution in [0, 0.1) is 24.1 Å². The third kappa shape index (κ3) is 4.77. The van der Waals surface area contributed by atoms with Gasteiger partial charge in [0.15, 0.2) is 5.13 Å². The summed E-state index contributed by atoms with van der Waals surface area (Å²) in [5, 5.41) is 10.6. The quantitative estimate of drug-likeness (QED) is 0.288. The van der Waals surface area contributed by atoms with E-state index in [2.05, 4.69) is 54.5 Å². The minimum absolute atomic E-state index is 0.328. The summed E-state index contributed by atoms with van der Waals surface area (Å²) in [5.74, 6) is 0.609. The molecular weight excluding hydrogens is 519 g/mol. The molecule has 0 bridgehead atoms. The molecule has 7 nitrogen and oxygen atoms in total. The number of nitrogens with zero attached hydrogens (tertiary/aromatic N) is 6. The van der Waals surface area contributed by atoms with Crippen LogP contribution in [0.4, 0.5) is 15.3 Å². The zero-order valence-corrected chi connectivity index (χ0v) is 23.5. The van der Waals surface area contributed by atoms with Crippen molar-refractivity contribution >= 4 is 44.5 Å². The van der Waals surface area contributed by atoms with Crippen LogP contribution in [0.5, 0.6) is 0 Å². The maximum Gasteiger partial charge on any atom is 0.192 e. The highest BCUT2D eigenvalue weighted by molar-refractivity contribution is 7.81. The first-order valence-corrected chi connectivity index (χ1v) is 14.9. The maximum atomic E-state index is 13.5. The largest absolute Gasteiger partial charge is 0.302 e. The molecule has 1 unspecified atom stereocenters. The first-order valence-electron chi connectivity index (χ1n) is 12.6. The van der Waals surface area contributed by atoms with Crippen LogP contribution in [0.2, 0.25) is 0 Å². The number of aromatic nitrogens is 3. The van der Waals surface area contributed by atoms with Crippen molar-refractivity contribution in [2.75, 3.05) is 30.8 Å². The number of rotatable bonds is 7. The molecule has 0 N–H and O–H groups in total. The molecule has 0 saturated carbocycles. The molecule has 0 amide bonds. The molecule has 0 aliphatic carbocycles. The number of hydrogen-bond acceptors (Lipinski definition) is 6. The van der Waals surface area contributed by atoms with Crippen LogP contribution >= 0.6 is 11.3 Å². The number of thiazole rings is 1. The number of nitriles is 1. The first kappa shape index (κ1) is 26.2. The van der Waals surface area contributed by atoms with Crippen LogP contribution in [0.3, 0.4) is 0 Å². The highest BCUT2D eigenvalue weighted by Gasteiger charge is 2.25. The van der Waals surface area contributed by atoms with Gasteiger partial charge in [-0.05, 0) is 73.7 Å². The summed E-state index contributed by atoms with van der Waals surface area (Å²) >= 11 is 1.33. The Morgan fingerprint density at radius 3 is 2.58 bits per heavy atom. The van der Waals surface area contributed by atoms with E-state index in [0.29, 0.717) is 34.4 Å². The molecule has 4 heterocycles. The Morgan fingerprint density at radius 2 is 1.97 bits per heavy atom. The van der Waals surface area contributed by atoms with Crippen molar-refractivity contribution in [1.82, 2.24) is 18.7 Å². The molecule has 1 aliphatic rings. The second-order valence-electron chi connectivity index (χ2n) is 9.17.